The average Bonchev–Trinajstić information content (AvgIpc) is 3.72. The second-order valence-electron chi connectivity index (χ2n) is 17.7. The molecule has 298 valence electrons. The Morgan fingerprint density at radius 1 is 0.907 bits per heavy atom. The summed E-state index contributed by atoms with van der Waals surface area (Å²) in [5.74, 6) is -2.76. The lowest BCUT2D eigenvalue weighted by atomic mass is 9.74. The molecular formula is C40H60N6O7S. The van der Waals surface area contributed by atoms with Crippen LogP contribution in [0.15, 0.2) is 54.5 Å². The number of carbonyl (C=O) groups excluding carboxylic acids is 5. The molecular weight excluding hydrogens is 709 g/mol. The summed E-state index contributed by atoms with van der Waals surface area (Å²) >= 11 is 0. The van der Waals surface area contributed by atoms with E-state index in [-0.39, 0.29) is 42.9 Å². The molecule has 2 fully saturated rings. The summed E-state index contributed by atoms with van der Waals surface area (Å²) < 4.78 is 28.1. The van der Waals surface area contributed by atoms with E-state index in [0.717, 1.165) is 12.8 Å². The van der Waals surface area contributed by atoms with Gasteiger partial charge >= 0.3 is 6.03 Å². The van der Waals surface area contributed by atoms with Crippen LogP contribution < -0.4 is 21.3 Å². The van der Waals surface area contributed by atoms with E-state index in [1.54, 1.807) is 30.3 Å². The van der Waals surface area contributed by atoms with Crippen molar-refractivity contribution in [2.24, 2.45) is 28.1 Å². The lowest BCUT2D eigenvalue weighted by Gasteiger charge is -2.39. The maximum absolute atomic E-state index is 14.7. The number of carbonyl (C=O) groups is 5. The van der Waals surface area contributed by atoms with Crippen molar-refractivity contribution < 1.29 is 32.4 Å². The van der Waals surface area contributed by atoms with Gasteiger partial charge in [-0.3, -0.25) is 19.2 Å². The molecule has 1 saturated heterocycles. The number of urea groups is 1. The van der Waals surface area contributed by atoms with E-state index in [1.165, 1.54) is 15.3 Å². The SMILES string of the molecule is C=CCNC(=O)C(=O)C(CC1CC1)NC(=O)[C@@H]1[C@@H](C(C)(C)C=C)CCN1C(=O)[C@@H](NC(=O)N[C@H](CN1Cc2ccccc2S1(=O)=O)C(C)(C)C)C(C)(C)C. The monoisotopic (exact) mass is 768 g/mol. The van der Waals surface area contributed by atoms with Gasteiger partial charge in [0.1, 0.15) is 12.1 Å². The van der Waals surface area contributed by atoms with Gasteiger partial charge < -0.3 is 26.2 Å². The Bertz CT molecular complexity index is 1740. The van der Waals surface area contributed by atoms with Crippen LogP contribution in [0.2, 0.25) is 0 Å². The minimum Gasteiger partial charge on any atom is -0.346 e. The Balaban J connectivity index is 1.57. The fraction of sp³-hybridized carbons (Fsp3) is 0.625. The van der Waals surface area contributed by atoms with E-state index in [0.29, 0.717) is 18.4 Å². The second kappa shape index (κ2) is 16.4. The third-order valence-electron chi connectivity index (χ3n) is 11.0. The molecule has 1 saturated carbocycles. The Labute approximate surface area is 321 Å². The molecule has 2 aliphatic heterocycles. The number of nitrogens with one attached hydrogen (secondary N) is 4. The Hall–Kier alpha value is -4.04. The maximum Gasteiger partial charge on any atom is 0.315 e. The quantitative estimate of drug-likeness (QED) is 0.155. The number of amides is 5. The van der Waals surface area contributed by atoms with Gasteiger partial charge in [0, 0.05) is 32.2 Å². The van der Waals surface area contributed by atoms with Gasteiger partial charge in [-0.25, -0.2) is 13.2 Å². The van der Waals surface area contributed by atoms with Gasteiger partial charge in [-0.05, 0) is 52.6 Å². The fourth-order valence-electron chi connectivity index (χ4n) is 7.23. The molecule has 4 N–H and O–H groups in total. The highest BCUT2D eigenvalue weighted by molar-refractivity contribution is 7.89. The minimum atomic E-state index is -3.76. The van der Waals surface area contributed by atoms with Crippen LogP contribution in [-0.4, -0.2) is 91.0 Å². The van der Waals surface area contributed by atoms with Crippen LogP contribution in [0, 0.1) is 28.1 Å². The van der Waals surface area contributed by atoms with Crippen molar-refractivity contribution in [3.63, 3.8) is 0 Å². The zero-order valence-electron chi connectivity index (χ0n) is 33.2. The third-order valence-corrected chi connectivity index (χ3v) is 12.9. The molecule has 1 aliphatic carbocycles. The predicted molar refractivity (Wildman–Crippen MR) is 207 cm³/mol. The Morgan fingerprint density at radius 3 is 2.11 bits per heavy atom. The molecule has 0 aromatic heterocycles. The predicted octanol–water partition coefficient (Wildman–Crippen LogP) is 3.91. The van der Waals surface area contributed by atoms with Gasteiger partial charge in [0.05, 0.1) is 10.9 Å². The van der Waals surface area contributed by atoms with E-state index in [2.05, 4.69) is 34.4 Å². The van der Waals surface area contributed by atoms with Crippen LogP contribution in [0.3, 0.4) is 0 Å². The summed E-state index contributed by atoms with van der Waals surface area (Å²) in [6, 6.07) is 2.37. The number of fused-ring (bicyclic) bond motifs is 1. The van der Waals surface area contributed by atoms with Gasteiger partial charge in [0.15, 0.2) is 0 Å². The number of ketones is 1. The first-order valence-corrected chi connectivity index (χ1v) is 20.3. The van der Waals surface area contributed by atoms with Crippen LogP contribution in [-0.2, 0) is 35.7 Å². The number of rotatable bonds is 15. The molecule has 54 heavy (non-hydrogen) atoms. The summed E-state index contributed by atoms with van der Waals surface area (Å²) in [5, 5.41) is 11.2. The van der Waals surface area contributed by atoms with Crippen molar-refractivity contribution in [3.8, 4) is 0 Å². The summed E-state index contributed by atoms with van der Waals surface area (Å²) in [6.07, 6.45) is 5.78. The van der Waals surface area contributed by atoms with Crippen molar-refractivity contribution in [1.29, 1.82) is 0 Å². The van der Waals surface area contributed by atoms with Gasteiger partial charge in [-0.2, -0.15) is 4.31 Å². The van der Waals surface area contributed by atoms with Crippen LogP contribution in [0.1, 0.15) is 86.6 Å². The normalized spacial score (nSPS) is 21.6. The highest BCUT2D eigenvalue weighted by Gasteiger charge is 2.51. The average molecular weight is 769 g/mol. The number of hydrogen-bond donors (Lipinski definition) is 4. The van der Waals surface area contributed by atoms with E-state index in [4.69, 9.17) is 0 Å². The topological polar surface area (TPSA) is 174 Å². The summed E-state index contributed by atoms with van der Waals surface area (Å²) in [6.45, 7) is 23.1. The van der Waals surface area contributed by atoms with E-state index >= 15 is 0 Å². The van der Waals surface area contributed by atoms with Crippen molar-refractivity contribution >= 4 is 39.6 Å². The van der Waals surface area contributed by atoms with Crippen LogP contribution in [0.5, 0.6) is 0 Å². The van der Waals surface area contributed by atoms with Gasteiger partial charge in [0.25, 0.3) is 5.91 Å². The number of nitrogens with zero attached hydrogens (tertiary/aromatic N) is 2. The standard InChI is InChI=1S/C40H60N6O7S/c1-11-20-41-35(49)32(47)28(22-25-17-18-25)42-34(48)31-27(40(9,10)12-2)19-21-46(31)36(50)33(39(6,7)8)44-37(51)43-30(38(3,4)5)24-45-23-26-15-13-14-16-29(26)54(45,52)53/h11-16,25,27-28,30-31,33H,1-2,17-24H2,3-10H3,(H,41,49)(H,42,48)(H2,43,44,51)/t27-,28?,30+,31-,33+/m0/s1. The maximum atomic E-state index is 14.7. The first kappa shape index (κ1) is 42.7. The molecule has 5 atom stereocenters. The van der Waals surface area contributed by atoms with E-state index in [9.17, 15) is 32.4 Å². The molecule has 0 bridgehead atoms. The molecule has 5 amide bonds. The number of benzene rings is 1. The zero-order chi connectivity index (χ0) is 40.4. The van der Waals surface area contributed by atoms with Crippen LogP contribution in [0.25, 0.3) is 0 Å². The highest BCUT2D eigenvalue weighted by Crippen LogP contribution is 2.41. The summed E-state index contributed by atoms with van der Waals surface area (Å²) in [7, 11) is -3.76. The number of allylic oxidation sites excluding steroid dienone is 1. The van der Waals surface area contributed by atoms with Crippen molar-refractivity contribution in [2.45, 2.75) is 117 Å². The van der Waals surface area contributed by atoms with Gasteiger partial charge in [-0.15, -0.1) is 13.2 Å². The molecule has 1 aromatic carbocycles. The van der Waals surface area contributed by atoms with Crippen molar-refractivity contribution in [2.75, 3.05) is 19.6 Å². The molecule has 0 radical (unpaired) electrons. The van der Waals surface area contributed by atoms with E-state index < -0.39 is 80.0 Å². The number of likely N-dealkylation sites (tertiary alicyclic amines) is 1. The number of Topliss-reactive ketones (excluding diaryl/α,β-unsaturated/α-hetero) is 1. The summed E-state index contributed by atoms with van der Waals surface area (Å²) in [4.78, 5) is 70.6. The molecule has 4 rings (SSSR count). The molecule has 1 unspecified atom stereocenters. The molecule has 1 aromatic rings. The fourth-order valence-corrected chi connectivity index (χ4v) is 8.87. The summed E-state index contributed by atoms with van der Waals surface area (Å²) in [5.41, 5.74) is -1.28. The second-order valence-corrected chi connectivity index (χ2v) is 19.6. The van der Waals surface area contributed by atoms with Crippen molar-refractivity contribution in [3.05, 3.63) is 55.1 Å². The number of hydrogen-bond acceptors (Lipinski definition) is 7. The molecule has 3 aliphatic rings. The lowest BCUT2D eigenvalue weighted by molar-refractivity contribution is -0.145. The Morgan fingerprint density at radius 2 is 1.56 bits per heavy atom. The third kappa shape index (κ3) is 9.79. The number of sulfonamides is 1. The molecule has 13 nitrogen and oxygen atoms in total. The minimum absolute atomic E-state index is 0.0150. The smallest absolute Gasteiger partial charge is 0.315 e. The largest absolute Gasteiger partial charge is 0.346 e. The molecule has 0 spiro atoms. The molecule has 14 heteroatoms. The lowest BCUT2D eigenvalue weighted by Crippen LogP contribution is -2.62. The van der Waals surface area contributed by atoms with Crippen molar-refractivity contribution in [1.82, 2.24) is 30.5 Å². The van der Waals surface area contributed by atoms with Gasteiger partial charge in [0.2, 0.25) is 27.6 Å². The van der Waals surface area contributed by atoms with Crippen LogP contribution >= 0.6 is 0 Å². The van der Waals surface area contributed by atoms with Crippen LogP contribution in [0.4, 0.5) is 4.79 Å². The highest BCUT2D eigenvalue weighted by atomic mass is 32.2. The first-order valence-electron chi connectivity index (χ1n) is 18.8. The Kier molecular flexibility index (Phi) is 12.9. The molecule has 2 heterocycles. The van der Waals surface area contributed by atoms with Gasteiger partial charge in [-0.1, -0.05) is 98.6 Å². The first-order chi connectivity index (χ1) is 25.0. The zero-order valence-corrected chi connectivity index (χ0v) is 34.0. The van der Waals surface area contributed by atoms with E-state index in [1.807, 2.05) is 55.4 Å².